The number of hydrogen-bond donors (Lipinski definition) is 0. The Labute approximate surface area is 118 Å². The third kappa shape index (κ3) is 3.50. The molecule has 0 unspecified atom stereocenters. The first-order chi connectivity index (χ1) is 9.60. The second kappa shape index (κ2) is 6.41. The Morgan fingerprint density at radius 3 is 2.65 bits per heavy atom. The number of piperidine rings is 1. The number of rotatable bonds is 4. The van der Waals surface area contributed by atoms with Crippen molar-refractivity contribution in [3.05, 3.63) is 29.8 Å². The molecular weight excluding hydrogens is 258 g/mol. The van der Waals surface area contributed by atoms with Crippen LogP contribution in [0.5, 0.6) is 5.75 Å². The summed E-state index contributed by atoms with van der Waals surface area (Å²) < 4.78 is 10.2. The Bertz CT molecular complexity index is 483. The summed E-state index contributed by atoms with van der Waals surface area (Å²) in [5, 5.41) is 0. The van der Waals surface area contributed by atoms with Crippen molar-refractivity contribution in [2.45, 2.75) is 32.4 Å². The van der Waals surface area contributed by atoms with Gasteiger partial charge < -0.3 is 14.4 Å². The van der Waals surface area contributed by atoms with Gasteiger partial charge in [0, 0.05) is 20.0 Å². The molecule has 1 atom stereocenters. The molecule has 1 aromatic carbocycles. The van der Waals surface area contributed by atoms with E-state index in [1.165, 1.54) is 6.92 Å². The molecule has 0 saturated carbocycles. The van der Waals surface area contributed by atoms with Crippen LogP contribution in [-0.4, -0.2) is 36.5 Å². The predicted octanol–water partition coefficient (Wildman–Crippen LogP) is 1.75. The number of nitrogens with zero attached hydrogens (tertiary/aromatic N) is 1. The van der Waals surface area contributed by atoms with Crippen LogP contribution in [0.2, 0.25) is 0 Å². The molecule has 0 radical (unpaired) electrons. The third-order valence-electron chi connectivity index (χ3n) is 3.32. The lowest BCUT2D eigenvalue weighted by Gasteiger charge is -2.31. The van der Waals surface area contributed by atoms with Crippen LogP contribution in [0.3, 0.4) is 0 Å². The SMILES string of the molecule is COc1ccc(CN2CCC[C@H](OC(C)=O)C2=O)cc1. The molecule has 1 heterocycles. The molecule has 0 aliphatic carbocycles. The first-order valence-electron chi connectivity index (χ1n) is 6.69. The first kappa shape index (κ1) is 14.4. The summed E-state index contributed by atoms with van der Waals surface area (Å²) in [6.45, 7) is 2.55. The minimum Gasteiger partial charge on any atom is -0.497 e. The Morgan fingerprint density at radius 2 is 2.05 bits per heavy atom. The molecule has 1 aliphatic rings. The molecule has 1 aromatic rings. The number of ether oxygens (including phenoxy) is 2. The maximum atomic E-state index is 12.2. The summed E-state index contributed by atoms with van der Waals surface area (Å²) in [5.41, 5.74) is 1.03. The molecular formula is C15H19NO4. The maximum Gasteiger partial charge on any atom is 0.303 e. The van der Waals surface area contributed by atoms with Crippen molar-refractivity contribution in [3.8, 4) is 5.75 Å². The van der Waals surface area contributed by atoms with Gasteiger partial charge in [0.1, 0.15) is 5.75 Å². The molecule has 5 heteroatoms. The highest BCUT2D eigenvalue weighted by molar-refractivity contribution is 5.84. The van der Waals surface area contributed by atoms with Crippen LogP contribution in [0.1, 0.15) is 25.3 Å². The topological polar surface area (TPSA) is 55.8 Å². The van der Waals surface area contributed by atoms with Gasteiger partial charge in [-0.3, -0.25) is 9.59 Å². The summed E-state index contributed by atoms with van der Waals surface area (Å²) in [6.07, 6.45) is 0.830. The molecule has 0 bridgehead atoms. The zero-order valence-electron chi connectivity index (χ0n) is 11.8. The minimum absolute atomic E-state index is 0.109. The number of likely N-dealkylation sites (tertiary alicyclic amines) is 1. The molecule has 1 amide bonds. The normalized spacial score (nSPS) is 18.8. The molecule has 5 nitrogen and oxygen atoms in total. The number of methoxy groups -OCH3 is 1. The average Bonchev–Trinajstić information content (AvgIpc) is 2.43. The molecule has 0 spiro atoms. The van der Waals surface area contributed by atoms with Crippen LogP contribution < -0.4 is 4.74 Å². The lowest BCUT2D eigenvalue weighted by atomic mass is 10.1. The Kier molecular flexibility index (Phi) is 4.61. The van der Waals surface area contributed by atoms with Gasteiger partial charge in [0.25, 0.3) is 5.91 Å². The summed E-state index contributed by atoms with van der Waals surface area (Å²) in [4.78, 5) is 24.9. The molecule has 20 heavy (non-hydrogen) atoms. The molecule has 1 saturated heterocycles. The fraction of sp³-hybridized carbons (Fsp3) is 0.467. The average molecular weight is 277 g/mol. The summed E-state index contributed by atoms with van der Waals surface area (Å²) >= 11 is 0. The van der Waals surface area contributed by atoms with E-state index in [9.17, 15) is 9.59 Å². The van der Waals surface area contributed by atoms with Crippen LogP contribution >= 0.6 is 0 Å². The number of benzene rings is 1. The van der Waals surface area contributed by atoms with Gasteiger partial charge in [0.15, 0.2) is 6.10 Å². The zero-order valence-corrected chi connectivity index (χ0v) is 11.8. The molecule has 1 aliphatic heterocycles. The van der Waals surface area contributed by atoms with Gasteiger partial charge in [-0.1, -0.05) is 12.1 Å². The summed E-state index contributed by atoms with van der Waals surface area (Å²) in [7, 11) is 1.62. The smallest absolute Gasteiger partial charge is 0.303 e. The van der Waals surface area contributed by atoms with Crippen molar-refractivity contribution in [2.24, 2.45) is 0 Å². The number of amides is 1. The Morgan fingerprint density at radius 1 is 1.35 bits per heavy atom. The number of carbonyl (C=O) groups is 2. The van der Waals surface area contributed by atoms with Crippen molar-refractivity contribution in [3.63, 3.8) is 0 Å². The predicted molar refractivity (Wildman–Crippen MR) is 73.2 cm³/mol. The van der Waals surface area contributed by atoms with E-state index in [-0.39, 0.29) is 5.91 Å². The van der Waals surface area contributed by atoms with Crippen molar-refractivity contribution in [1.29, 1.82) is 0 Å². The van der Waals surface area contributed by atoms with Gasteiger partial charge in [-0.15, -0.1) is 0 Å². The van der Waals surface area contributed by atoms with Crippen LogP contribution in [0.15, 0.2) is 24.3 Å². The molecule has 0 aromatic heterocycles. The van der Waals surface area contributed by atoms with Gasteiger partial charge in [0.05, 0.1) is 7.11 Å². The maximum absolute atomic E-state index is 12.2. The van der Waals surface area contributed by atoms with E-state index >= 15 is 0 Å². The van der Waals surface area contributed by atoms with Gasteiger partial charge in [-0.2, -0.15) is 0 Å². The lowest BCUT2D eigenvalue weighted by molar-refractivity contribution is -0.162. The van der Waals surface area contributed by atoms with Gasteiger partial charge in [-0.25, -0.2) is 0 Å². The van der Waals surface area contributed by atoms with Crippen LogP contribution in [-0.2, 0) is 20.9 Å². The van der Waals surface area contributed by atoms with E-state index in [0.29, 0.717) is 19.5 Å². The van der Waals surface area contributed by atoms with E-state index < -0.39 is 12.1 Å². The Balaban J connectivity index is 2.00. The van der Waals surface area contributed by atoms with Crippen LogP contribution in [0.4, 0.5) is 0 Å². The third-order valence-corrected chi connectivity index (χ3v) is 3.32. The van der Waals surface area contributed by atoms with Crippen LogP contribution in [0.25, 0.3) is 0 Å². The largest absolute Gasteiger partial charge is 0.497 e. The molecule has 0 N–H and O–H groups in total. The Hall–Kier alpha value is -2.04. The highest BCUT2D eigenvalue weighted by Crippen LogP contribution is 2.19. The zero-order chi connectivity index (χ0) is 14.5. The second-order valence-electron chi connectivity index (χ2n) is 4.85. The standard InChI is InChI=1S/C15H19NO4/c1-11(17)20-14-4-3-9-16(15(14)18)10-12-5-7-13(19-2)8-6-12/h5-8,14H,3-4,9-10H2,1-2H3/t14-/m0/s1. The van der Waals surface area contributed by atoms with Crippen molar-refractivity contribution in [1.82, 2.24) is 4.90 Å². The van der Waals surface area contributed by atoms with E-state index in [2.05, 4.69) is 0 Å². The van der Waals surface area contributed by atoms with Gasteiger partial charge in [0.2, 0.25) is 0 Å². The molecule has 1 fully saturated rings. The number of hydrogen-bond acceptors (Lipinski definition) is 4. The van der Waals surface area contributed by atoms with Crippen LogP contribution in [0, 0.1) is 0 Å². The minimum atomic E-state index is -0.625. The van der Waals surface area contributed by atoms with Gasteiger partial charge >= 0.3 is 5.97 Å². The monoisotopic (exact) mass is 277 g/mol. The fourth-order valence-corrected chi connectivity index (χ4v) is 2.32. The van der Waals surface area contributed by atoms with E-state index in [0.717, 1.165) is 17.7 Å². The molecule has 108 valence electrons. The van der Waals surface area contributed by atoms with E-state index in [1.807, 2.05) is 24.3 Å². The number of carbonyl (C=O) groups excluding carboxylic acids is 2. The van der Waals surface area contributed by atoms with Crippen molar-refractivity contribution in [2.75, 3.05) is 13.7 Å². The van der Waals surface area contributed by atoms with Crippen molar-refractivity contribution < 1.29 is 19.1 Å². The van der Waals surface area contributed by atoms with E-state index in [1.54, 1.807) is 12.0 Å². The second-order valence-corrected chi connectivity index (χ2v) is 4.85. The first-order valence-corrected chi connectivity index (χ1v) is 6.69. The summed E-state index contributed by atoms with van der Waals surface area (Å²) in [6, 6.07) is 7.60. The quantitative estimate of drug-likeness (QED) is 0.787. The molecule has 2 rings (SSSR count). The summed E-state index contributed by atoms with van der Waals surface area (Å²) in [5.74, 6) is 0.272. The fourth-order valence-electron chi connectivity index (χ4n) is 2.32. The van der Waals surface area contributed by atoms with Crippen molar-refractivity contribution >= 4 is 11.9 Å². The highest BCUT2D eigenvalue weighted by atomic mass is 16.5. The van der Waals surface area contributed by atoms with Gasteiger partial charge in [-0.05, 0) is 30.5 Å². The van der Waals surface area contributed by atoms with E-state index in [4.69, 9.17) is 9.47 Å². The number of esters is 1. The lowest BCUT2D eigenvalue weighted by Crippen LogP contribution is -2.45. The highest BCUT2D eigenvalue weighted by Gasteiger charge is 2.30.